The highest BCUT2D eigenvalue weighted by molar-refractivity contribution is 6.32. The molecule has 2 aromatic rings. The summed E-state index contributed by atoms with van der Waals surface area (Å²) >= 11 is 6.01. The van der Waals surface area contributed by atoms with Crippen LogP contribution in [0.2, 0.25) is 5.02 Å². The highest BCUT2D eigenvalue weighted by atomic mass is 35.5. The summed E-state index contributed by atoms with van der Waals surface area (Å²) in [5, 5.41) is 3.45. The van der Waals surface area contributed by atoms with Gasteiger partial charge in [0.05, 0.1) is 6.04 Å². The summed E-state index contributed by atoms with van der Waals surface area (Å²) in [7, 11) is 0. The minimum Gasteiger partial charge on any atom is -0.452 e. The van der Waals surface area contributed by atoms with E-state index in [0.29, 0.717) is 10.6 Å². The molecule has 0 aliphatic carbocycles. The molecule has 1 atom stereocenters. The van der Waals surface area contributed by atoms with Gasteiger partial charge < -0.3 is 10.1 Å². The van der Waals surface area contributed by atoms with Crippen LogP contribution in [0.15, 0.2) is 60.7 Å². The van der Waals surface area contributed by atoms with E-state index in [1.807, 2.05) is 42.5 Å². The fraction of sp³-hybridized carbons (Fsp3) is 0.238. The van der Waals surface area contributed by atoms with Crippen molar-refractivity contribution in [3.8, 4) is 0 Å². The van der Waals surface area contributed by atoms with E-state index >= 15 is 0 Å². The summed E-state index contributed by atoms with van der Waals surface area (Å²) in [6.07, 6.45) is 4.57. The Morgan fingerprint density at radius 2 is 1.81 bits per heavy atom. The number of carbonyl (C=O) groups excluding carboxylic acids is 2. The Balaban J connectivity index is 1.85. The van der Waals surface area contributed by atoms with Gasteiger partial charge in [-0.15, -0.1) is 0 Å². The molecule has 26 heavy (non-hydrogen) atoms. The van der Waals surface area contributed by atoms with E-state index in [9.17, 15) is 9.59 Å². The molecule has 0 bridgehead atoms. The number of esters is 1. The van der Waals surface area contributed by atoms with Gasteiger partial charge in [0, 0.05) is 11.1 Å². The van der Waals surface area contributed by atoms with Crippen LogP contribution in [0, 0.1) is 0 Å². The molecule has 0 spiro atoms. The van der Waals surface area contributed by atoms with E-state index in [1.54, 1.807) is 18.2 Å². The van der Waals surface area contributed by atoms with Crippen LogP contribution in [0.5, 0.6) is 0 Å². The maximum atomic E-state index is 12.1. The summed E-state index contributed by atoms with van der Waals surface area (Å²) in [5.41, 5.74) is 1.75. The Bertz CT molecular complexity index is 759. The molecule has 0 fully saturated rings. The fourth-order valence-electron chi connectivity index (χ4n) is 2.49. The average molecular weight is 372 g/mol. The van der Waals surface area contributed by atoms with Gasteiger partial charge in [-0.2, -0.15) is 0 Å². The van der Waals surface area contributed by atoms with Crippen molar-refractivity contribution in [2.75, 3.05) is 6.61 Å². The first-order valence-corrected chi connectivity index (χ1v) is 8.91. The van der Waals surface area contributed by atoms with Gasteiger partial charge in [-0.3, -0.25) is 4.79 Å². The topological polar surface area (TPSA) is 55.4 Å². The number of hydrogen-bond donors (Lipinski definition) is 1. The number of halogens is 1. The maximum absolute atomic E-state index is 12.1. The Morgan fingerprint density at radius 1 is 1.12 bits per heavy atom. The molecule has 5 heteroatoms. The van der Waals surface area contributed by atoms with Crippen LogP contribution in [0.25, 0.3) is 6.08 Å². The van der Waals surface area contributed by atoms with Crippen LogP contribution in [0.4, 0.5) is 0 Å². The van der Waals surface area contributed by atoms with Crippen molar-refractivity contribution in [1.82, 2.24) is 5.32 Å². The molecule has 1 amide bonds. The molecule has 136 valence electrons. The molecule has 0 aliphatic heterocycles. The van der Waals surface area contributed by atoms with E-state index in [0.717, 1.165) is 18.4 Å². The van der Waals surface area contributed by atoms with Crippen LogP contribution in [0.1, 0.15) is 36.9 Å². The standard InChI is InChI=1S/C21H22ClNO3/c1-2-8-19(17-10-4-3-5-11-17)23-20(24)15-26-21(25)14-13-16-9-6-7-12-18(16)22/h3-7,9-14,19H,2,8,15H2,1H3,(H,23,24)/b14-13+/t19-/m0/s1. The van der Waals surface area contributed by atoms with Crippen molar-refractivity contribution < 1.29 is 14.3 Å². The molecule has 0 aliphatic rings. The Kier molecular flexibility index (Phi) is 7.90. The molecule has 0 unspecified atom stereocenters. The summed E-state index contributed by atoms with van der Waals surface area (Å²) in [5.74, 6) is -0.918. The maximum Gasteiger partial charge on any atom is 0.331 e. The summed E-state index contributed by atoms with van der Waals surface area (Å²) in [6.45, 7) is 1.74. The molecule has 0 saturated carbocycles. The third-order valence-corrected chi connectivity index (χ3v) is 4.11. The van der Waals surface area contributed by atoms with Crippen molar-refractivity contribution in [1.29, 1.82) is 0 Å². The Labute approximate surface area is 158 Å². The van der Waals surface area contributed by atoms with Gasteiger partial charge in [0.1, 0.15) is 0 Å². The lowest BCUT2D eigenvalue weighted by Crippen LogP contribution is -2.32. The molecule has 1 N–H and O–H groups in total. The van der Waals surface area contributed by atoms with Crippen LogP contribution >= 0.6 is 11.6 Å². The van der Waals surface area contributed by atoms with Crippen LogP contribution in [0.3, 0.4) is 0 Å². The lowest BCUT2D eigenvalue weighted by atomic mass is 10.0. The molecule has 4 nitrogen and oxygen atoms in total. The number of amides is 1. The van der Waals surface area contributed by atoms with Crippen molar-refractivity contribution in [2.45, 2.75) is 25.8 Å². The molecule has 2 aromatic carbocycles. The predicted molar refractivity (Wildman–Crippen MR) is 104 cm³/mol. The Morgan fingerprint density at radius 3 is 2.50 bits per heavy atom. The number of carbonyl (C=O) groups is 2. The second-order valence-electron chi connectivity index (χ2n) is 5.78. The van der Waals surface area contributed by atoms with E-state index in [2.05, 4.69) is 12.2 Å². The molecule has 0 heterocycles. The zero-order valence-corrected chi connectivity index (χ0v) is 15.4. The minimum absolute atomic E-state index is 0.0916. The number of ether oxygens (including phenoxy) is 1. The summed E-state index contributed by atoms with van der Waals surface area (Å²) < 4.78 is 5.00. The van der Waals surface area contributed by atoms with E-state index in [4.69, 9.17) is 16.3 Å². The first kappa shape index (κ1) is 19.7. The van der Waals surface area contributed by atoms with Crippen LogP contribution in [-0.4, -0.2) is 18.5 Å². The lowest BCUT2D eigenvalue weighted by molar-refractivity contribution is -0.144. The van der Waals surface area contributed by atoms with Gasteiger partial charge >= 0.3 is 5.97 Å². The number of nitrogens with one attached hydrogen (secondary N) is 1. The number of hydrogen-bond acceptors (Lipinski definition) is 3. The second-order valence-corrected chi connectivity index (χ2v) is 6.19. The molecular formula is C21H22ClNO3. The highest BCUT2D eigenvalue weighted by Crippen LogP contribution is 2.18. The van der Waals surface area contributed by atoms with Gasteiger partial charge in [0.2, 0.25) is 0 Å². The van der Waals surface area contributed by atoms with Crippen molar-refractivity contribution in [3.05, 3.63) is 76.8 Å². The zero-order chi connectivity index (χ0) is 18.8. The lowest BCUT2D eigenvalue weighted by Gasteiger charge is -2.18. The van der Waals surface area contributed by atoms with Gasteiger partial charge in [-0.1, -0.05) is 73.5 Å². The smallest absolute Gasteiger partial charge is 0.331 e. The van der Waals surface area contributed by atoms with Gasteiger partial charge in [-0.05, 0) is 29.7 Å². The predicted octanol–water partition coefficient (Wildman–Crippen LogP) is 4.55. The molecule has 2 rings (SSSR count). The summed E-state index contributed by atoms with van der Waals surface area (Å²) in [6, 6.07) is 16.8. The number of benzene rings is 2. The third-order valence-electron chi connectivity index (χ3n) is 3.76. The highest BCUT2D eigenvalue weighted by Gasteiger charge is 2.14. The van der Waals surface area contributed by atoms with Crippen LogP contribution in [-0.2, 0) is 14.3 Å². The first-order chi connectivity index (χ1) is 12.6. The number of rotatable bonds is 8. The van der Waals surface area contributed by atoms with E-state index in [-0.39, 0.29) is 18.6 Å². The first-order valence-electron chi connectivity index (χ1n) is 8.54. The van der Waals surface area contributed by atoms with E-state index in [1.165, 1.54) is 6.08 Å². The molecular weight excluding hydrogens is 350 g/mol. The second kappa shape index (κ2) is 10.4. The Hall–Kier alpha value is -2.59. The van der Waals surface area contributed by atoms with Crippen molar-refractivity contribution in [3.63, 3.8) is 0 Å². The van der Waals surface area contributed by atoms with Gasteiger partial charge in [-0.25, -0.2) is 4.79 Å². The SMILES string of the molecule is CCC[C@H](NC(=O)COC(=O)/C=C/c1ccccc1Cl)c1ccccc1. The van der Waals surface area contributed by atoms with Crippen molar-refractivity contribution >= 4 is 29.6 Å². The normalized spacial score (nSPS) is 11.9. The molecule has 0 aromatic heterocycles. The minimum atomic E-state index is -0.591. The van der Waals surface area contributed by atoms with Crippen LogP contribution < -0.4 is 5.32 Å². The quantitative estimate of drug-likeness (QED) is 0.547. The average Bonchev–Trinajstić information content (AvgIpc) is 2.66. The zero-order valence-electron chi connectivity index (χ0n) is 14.7. The largest absolute Gasteiger partial charge is 0.452 e. The van der Waals surface area contributed by atoms with Gasteiger partial charge in [0.25, 0.3) is 5.91 Å². The monoisotopic (exact) mass is 371 g/mol. The fourth-order valence-corrected chi connectivity index (χ4v) is 2.68. The van der Waals surface area contributed by atoms with Gasteiger partial charge in [0.15, 0.2) is 6.61 Å². The summed E-state index contributed by atoms with van der Waals surface area (Å²) in [4.78, 5) is 23.9. The molecule has 0 radical (unpaired) electrons. The molecule has 0 saturated heterocycles. The van der Waals surface area contributed by atoms with Crippen molar-refractivity contribution in [2.24, 2.45) is 0 Å². The third kappa shape index (κ3) is 6.37. The van der Waals surface area contributed by atoms with E-state index < -0.39 is 5.97 Å².